The van der Waals surface area contributed by atoms with Gasteiger partial charge < -0.3 is 15.5 Å². The first kappa shape index (κ1) is 15.4. The highest BCUT2D eigenvalue weighted by Gasteiger charge is 2.11. The molecule has 8 heteroatoms. The molecule has 0 saturated carbocycles. The van der Waals surface area contributed by atoms with E-state index >= 15 is 0 Å². The van der Waals surface area contributed by atoms with Crippen LogP contribution in [0.3, 0.4) is 0 Å². The third-order valence-electron chi connectivity index (χ3n) is 2.80. The van der Waals surface area contributed by atoms with E-state index in [2.05, 4.69) is 37.5 Å². The highest BCUT2D eigenvalue weighted by Crippen LogP contribution is 2.18. The molecule has 2 N–H and O–H groups in total. The average molecular weight is 307 g/mol. The first-order valence-electron chi connectivity index (χ1n) is 6.90. The average Bonchev–Trinajstić information content (AvgIpc) is 2.99. The number of aromatic nitrogens is 4. The molecule has 0 bridgehead atoms. The predicted octanol–water partition coefficient (Wildman–Crippen LogP) is 2.04. The van der Waals surface area contributed by atoms with E-state index in [-0.39, 0.29) is 0 Å². The Hall–Kier alpha value is -1.96. The zero-order valence-corrected chi connectivity index (χ0v) is 13.6. The molecule has 2 rings (SSSR count). The lowest BCUT2D eigenvalue weighted by Gasteiger charge is -2.15. The molecule has 1 unspecified atom stereocenters. The first-order chi connectivity index (χ1) is 10.1. The predicted molar refractivity (Wildman–Crippen MR) is 87.3 cm³/mol. The molecule has 7 nitrogen and oxygen atoms in total. The van der Waals surface area contributed by atoms with Gasteiger partial charge in [0.15, 0.2) is 0 Å². The van der Waals surface area contributed by atoms with Gasteiger partial charge in [0.25, 0.3) is 0 Å². The molecule has 0 fully saturated rings. The molecule has 0 saturated heterocycles. The number of hydrogen-bond donors (Lipinski definition) is 2. The van der Waals surface area contributed by atoms with Crippen molar-refractivity contribution in [1.29, 1.82) is 0 Å². The van der Waals surface area contributed by atoms with Crippen LogP contribution in [0.15, 0.2) is 11.6 Å². The van der Waals surface area contributed by atoms with Crippen LogP contribution in [0.4, 0.5) is 17.8 Å². The molecule has 0 radical (unpaired) electrons. The summed E-state index contributed by atoms with van der Waals surface area (Å²) < 4.78 is 0. The lowest BCUT2D eigenvalue weighted by atomic mass is 10.2. The van der Waals surface area contributed by atoms with E-state index in [1.54, 1.807) is 11.3 Å². The smallest absolute Gasteiger partial charge is 0.231 e. The third kappa shape index (κ3) is 4.25. The zero-order chi connectivity index (χ0) is 15.2. The Kier molecular flexibility index (Phi) is 5.26. The minimum atomic E-state index is 0.312. The zero-order valence-electron chi connectivity index (χ0n) is 12.8. The Labute approximate surface area is 128 Å². The Morgan fingerprint density at radius 3 is 2.48 bits per heavy atom. The molecule has 2 aromatic rings. The number of anilines is 3. The van der Waals surface area contributed by atoms with Crippen molar-refractivity contribution in [2.45, 2.75) is 19.8 Å². The van der Waals surface area contributed by atoms with Crippen molar-refractivity contribution in [2.75, 3.05) is 42.7 Å². The number of nitrogens with one attached hydrogen (secondary N) is 2. The van der Waals surface area contributed by atoms with Crippen LogP contribution in [-0.4, -0.2) is 47.1 Å². The van der Waals surface area contributed by atoms with Crippen LogP contribution in [0.1, 0.15) is 24.8 Å². The van der Waals surface area contributed by atoms with Crippen LogP contribution < -0.4 is 15.5 Å². The van der Waals surface area contributed by atoms with Gasteiger partial charge >= 0.3 is 0 Å². The SMILES string of the molecule is CCNc1nc(NCC(C)c2nccs2)nc(N(C)C)n1. The molecule has 0 amide bonds. The largest absolute Gasteiger partial charge is 0.354 e. The van der Waals surface area contributed by atoms with Crippen molar-refractivity contribution in [3.63, 3.8) is 0 Å². The standard InChI is InChI=1S/C13H21N7S/c1-5-14-11-17-12(19-13(18-11)20(3)4)16-8-9(2)10-15-6-7-21-10/h6-7,9H,5,8H2,1-4H3,(H2,14,16,17,18,19). The summed E-state index contributed by atoms with van der Waals surface area (Å²) in [4.78, 5) is 19.3. The molecule has 0 aliphatic heterocycles. The second kappa shape index (κ2) is 7.16. The fourth-order valence-corrected chi connectivity index (χ4v) is 2.39. The van der Waals surface area contributed by atoms with E-state index in [4.69, 9.17) is 0 Å². The normalized spacial score (nSPS) is 12.0. The minimum Gasteiger partial charge on any atom is -0.354 e. The van der Waals surface area contributed by atoms with Gasteiger partial charge in [-0.05, 0) is 6.92 Å². The van der Waals surface area contributed by atoms with Crippen LogP contribution in [0.2, 0.25) is 0 Å². The molecule has 0 spiro atoms. The highest BCUT2D eigenvalue weighted by molar-refractivity contribution is 7.09. The van der Waals surface area contributed by atoms with Gasteiger partial charge in [0.2, 0.25) is 17.8 Å². The quantitative estimate of drug-likeness (QED) is 0.810. The van der Waals surface area contributed by atoms with Gasteiger partial charge in [0, 0.05) is 44.7 Å². The van der Waals surface area contributed by atoms with Gasteiger partial charge in [-0.25, -0.2) is 4.98 Å². The van der Waals surface area contributed by atoms with Gasteiger partial charge in [-0.2, -0.15) is 15.0 Å². The summed E-state index contributed by atoms with van der Waals surface area (Å²) in [5, 5.41) is 9.48. The van der Waals surface area contributed by atoms with Crippen LogP contribution in [0.25, 0.3) is 0 Å². The van der Waals surface area contributed by atoms with Crippen molar-refractivity contribution in [1.82, 2.24) is 19.9 Å². The van der Waals surface area contributed by atoms with E-state index in [1.807, 2.05) is 37.5 Å². The summed E-state index contributed by atoms with van der Waals surface area (Å²) in [6.45, 7) is 5.64. The Morgan fingerprint density at radius 2 is 1.90 bits per heavy atom. The maximum absolute atomic E-state index is 4.40. The molecule has 0 aromatic carbocycles. The van der Waals surface area contributed by atoms with E-state index in [9.17, 15) is 0 Å². The van der Waals surface area contributed by atoms with Crippen molar-refractivity contribution in [3.05, 3.63) is 16.6 Å². The summed E-state index contributed by atoms with van der Waals surface area (Å²) in [7, 11) is 3.82. The Morgan fingerprint density at radius 1 is 1.19 bits per heavy atom. The van der Waals surface area contributed by atoms with E-state index < -0.39 is 0 Å². The molecule has 2 aromatic heterocycles. The number of thiazole rings is 1. The van der Waals surface area contributed by atoms with E-state index in [1.165, 1.54) is 0 Å². The van der Waals surface area contributed by atoms with Crippen molar-refractivity contribution < 1.29 is 0 Å². The summed E-state index contributed by atoms with van der Waals surface area (Å²) >= 11 is 1.66. The van der Waals surface area contributed by atoms with Crippen molar-refractivity contribution >= 4 is 29.2 Å². The molecule has 2 heterocycles. The highest BCUT2D eigenvalue weighted by atomic mass is 32.1. The van der Waals surface area contributed by atoms with E-state index in [0.29, 0.717) is 23.8 Å². The van der Waals surface area contributed by atoms with Crippen LogP contribution in [-0.2, 0) is 0 Å². The molecular weight excluding hydrogens is 286 g/mol. The summed E-state index contributed by atoms with van der Waals surface area (Å²) in [5.74, 6) is 2.10. The second-order valence-corrected chi connectivity index (χ2v) is 5.79. The van der Waals surface area contributed by atoms with Gasteiger partial charge in [-0.15, -0.1) is 11.3 Å². The lowest BCUT2D eigenvalue weighted by Crippen LogP contribution is -2.18. The number of nitrogens with zero attached hydrogens (tertiary/aromatic N) is 5. The third-order valence-corrected chi connectivity index (χ3v) is 3.80. The van der Waals surface area contributed by atoms with Gasteiger partial charge in [-0.1, -0.05) is 6.92 Å². The lowest BCUT2D eigenvalue weighted by molar-refractivity contribution is 0.785. The molecule has 0 aliphatic rings. The van der Waals surface area contributed by atoms with Gasteiger partial charge in [0.1, 0.15) is 0 Å². The summed E-state index contributed by atoms with van der Waals surface area (Å²) in [5.41, 5.74) is 0. The molecule has 0 aliphatic carbocycles. The second-order valence-electron chi connectivity index (χ2n) is 4.86. The maximum Gasteiger partial charge on any atom is 0.231 e. The minimum absolute atomic E-state index is 0.312. The topological polar surface area (TPSA) is 78.9 Å². The molecular formula is C13H21N7S. The molecule has 21 heavy (non-hydrogen) atoms. The Bertz CT molecular complexity index is 556. The first-order valence-corrected chi connectivity index (χ1v) is 7.78. The molecule has 114 valence electrons. The fourth-order valence-electron chi connectivity index (χ4n) is 1.69. The monoisotopic (exact) mass is 307 g/mol. The maximum atomic E-state index is 4.40. The van der Waals surface area contributed by atoms with Gasteiger partial charge in [-0.3, -0.25) is 0 Å². The van der Waals surface area contributed by atoms with Crippen molar-refractivity contribution in [2.24, 2.45) is 0 Å². The van der Waals surface area contributed by atoms with E-state index in [0.717, 1.165) is 18.1 Å². The molecule has 1 atom stereocenters. The summed E-state index contributed by atoms with van der Waals surface area (Å²) in [6, 6.07) is 0. The fraction of sp³-hybridized carbons (Fsp3) is 0.538. The van der Waals surface area contributed by atoms with Crippen LogP contribution in [0.5, 0.6) is 0 Å². The van der Waals surface area contributed by atoms with Crippen molar-refractivity contribution in [3.8, 4) is 0 Å². The number of rotatable bonds is 7. The Balaban J connectivity index is 2.07. The number of hydrogen-bond acceptors (Lipinski definition) is 8. The van der Waals surface area contributed by atoms with Gasteiger partial charge in [0.05, 0.1) is 5.01 Å². The summed E-state index contributed by atoms with van der Waals surface area (Å²) in [6.07, 6.45) is 1.83. The van der Waals surface area contributed by atoms with Crippen LogP contribution in [0, 0.1) is 0 Å². The van der Waals surface area contributed by atoms with Crippen LogP contribution >= 0.6 is 11.3 Å².